The highest BCUT2D eigenvalue weighted by Gasteiger charge is 2.36. The number of carbonyl (C=O) groups is 2. The van der Waals surface area contributed by atoms with E-state index in [2.05, 4.69) is 35.5 Å². The lowest BCUT2D eigenvalue weighted by Crippen LogP contribution is -2.49. The molecule has 1 atom stereocenters. The molecular weight excluding hydrogens is 560 g/mol. The van der Waals surface area contributed by atoms with Gasteiger partial charge in [0.1, 0.15) is 17.7 Å². The molecule has 1 unspecified atom stereocenters. The van der Waals surface area contributed by atoms with Crippen LogP contribution in [0.15, 0.2) is 88.1 Å². The number of nitrogens with zero attached hydrogens (tertiary/aromatic N) is 4. The molecule has 0 saturated heterocycles. The molecule has 0 bridgehead atoms. The summed E-state index contributed by atoms with van der Waals surface area (Å²) >= 11 is 6.69. The monoisotopic (exact) mass is 596 g/mol. The van der Waals surface area contributed by atoms with Gasteiger partial charge in [0, 0.05) is 28.4 Å². The molecule has 2 N–H and O–H groups in total. The van der Waals surface area contributed by atoms with Gasteiger partial charge in [-0.2, -0.15) is 0 Å². The van der Waals surface area contributed by atoms with Gasteiger partial charge in [-0.1, -0.05) is 61.8 Å². The van der Waals surface area contributed by atoms with Crippen molar-refractivity contribution in [3.05, 3.63) is 99.8 Å². The average Bonchev–Trinajstić information content (AvgIpc) is 3.82. The molecule has 1 aliphatic carbocycles. The Morgan fingerprint density at radius 2 is 1.81 bits per heavy atom. The number of ketones is 1. The number of allylic oxidation sites excluding steroid dienone is 1. The first-order valence-electron chi connectivity index (χ1n) is 14.6. The predicted molar refractivity (Wildman–Crippen MR) is 173 cm³/mol. The molecule has 0 spiro atoms. The van der Waals surface area contributed by atoms with Gasteiger partial charge in [-0.15, -0.1) is 0 Å². The Hall–Kier alpha value is -4.30. The summed E-state index contributed by atoms with van der Waals surface area (Å²) in [6.45, 7) is 10.0. The number of amidine groups is 1. The van der Waals surface area contributed by atoms with Crippen LogP contribution < -0.4 is 10.6 Å². The number of Topliss-reactive ketones (excluding diaryl/α,β-unsaturated/α-hetero) is 1. The maximum Gasteiger partial charge on any atom is 0.257 e. The molecule has 2 aromatic carbocycles. The van der Waals surface area contributed by atoms with Gasteiger partial charge in [0.15, 0.2) is 5.78 Å². The molecule has 8 nitrogen and oxygen atoms in total. The third-order valence-corrected chi connectivity index (χ3v) is 8.01. The van der Waals surface area contributed by atoms with Crippen LogP contribution in [-0.4, -0.2) is 39.9 Å². The second-order valence-electron chi connectivity index (χ2n) is 11.4. The minimum atomic E-state index is -0.732. The van der Waals surface area contributed by atoms with Crippen LogP contribution in [0.2, 0.25) is 5.02 Å². The number of nitrogens with one attached hydrogen (secondary N) is 2. The fourth-order valence-electron chi connectivity index (χ4n) is 5.15. The number of pyridine rings is 1. The van der Waals surface area contributed by atoms with Crippen LogP contribution in [0.1, 0.15) is 69.2 Å². The molecule has 1 aromatic heterocycles. The van der Waals surface area contributed by atoms with E-state index in [0.717, 1.165) is 29.7 Å². The van der Waals surface area contributed by atoms with Crippen molar-refractivity contribution in [1.82, 2.24) is 15.2 Å². The van der Waals surface area contributed by atoms with Gasteiger partial charge in [-0.25, -0.2) is 15.0 Å². The van der Waals surface area contributed by atoms with E-state index in [9.17, 15) is 9.59 Å². The number of para-hydroxylation sites is 1. The Morgan fingerprint density at radius 1 is 1.09 bits per heavy atom. The fraction of sp³-hybridized carbons (Fsp3) is 0.324. The fourth-order valence-corrected chi connectivity index (χ4v) is 5.39. The molecular formula is C34H37ClN6O2. The van der Waals surface area contributed by atoms with Crippen molar-refractivity contribution in [2.24, 2.45) is 15.9 Å². The summed E-state index contributed by atoms with van der Waals surface area (Å²) in [6, 6.07) is 18.3. The van der Waals surface area contributed by atoms with Gasteiger partial charge >= 0.3 is 0 Å². The number of aliphatic imine (C=N–C) groups is 2. The lowest BCUT2D eigenvalue weighted by Gasteiger charge is -2.33. The van der Waals surface area contributed by atoms with Crippen molar-refractivity contribution < 1.29 is 9.59 Å². The van der Waals surface area contributed by atoms with Crippen LogP contribution in [0.25, 0.3) is 0 Å². The largest absolute Gasteiger partial charge is 0.329 e. The van der Waals surface area contributed by atoms with Crippen molar-refractivity contribution >= 4 is 46.6 Å². The minimum absolute atomic E-state index is 0.0570. The Morgan fingerprint density at radius 3 is 2.51 bits per heavy atom. The second-order valence-corrected chi connectivity index (χ2v) is 11.8. The zero-order valence-electron chi connectivity index (χ0n) is 25.2. The van der Waals surface area contributed by atoms with Crippen molar-refractivity contribution in [2.45, 2.75) is 59.4 Å². The first-order valence-corrected chi connectivity index (χ1v) is 15.0. The van der Waals surface area contributed by atoms with E-state index >= 15 is 0 Å². The van der Waals surface area contributed by atoms with Gasteiger partial charge in [-0.05, 0) is 74.9 Å². The summed E-state index contributed by atoms with van der Waals surface area (Å²) in [5.74, 6) is 1.64. The SMILES string of the molecule is CC(=Nc1ccccc1C(C)C)N(CC(=O)C1CC1)C1=NC(c2ccccc2Cl)C(C(=O)Nc2cc(C)ccn2)=C(C)N1. The summed E-state index contributed by atoms with van der Waals surface area (Å²) in [5, 5.41) is 6.74. The maximum absolute atomic E-state index is 13.8. The van der Waals surface area contributed by atoms with E-state index in [1.54, 1.807) is 12.3 Å². The van der Waals surface area contributed by atoms with Gasteiger partial charge < -0.3 is 10.6 Å². The van der Waals surface area contributed by atoms with Crippen molar-refractivity contribution in [2.75, 3.05) is 11.9 Å². The molecule has 43 heavy (non-hydrogen) atoms. The lowest BCUT2D eigenvalue weighted by atomic mass is 9.95. The summed E-state index contributed by atoms with van der Waals surface area (Å²) in [4.78, 5) is 43.1. The average molecular weight is 597 g/mol. The van der Waals surface area contributed by atoms with Gasteiger partial charge in [0.05, 0.1) is 17.8 Å². The molecule has 2 aliphatic rings. The standard InChI is InChI=1S/C34H37ClN6O2/c1-20(2)25-10-7-9-13-28(25)38-23(5)41(19-29(42)24-14-15-24)34-37-22(4)31(32(40-34)26-11-6-8-12-27(26)35)33(43)39-30-18-21(3)16-17-36-30/h6-13,16-18,20,24,32H,14-15,19H2,1-5H3,(H,37,40)(H,36,39,43). The Kier molecular flexibility index (Phi) is 9.06. The van der Waals surface area contributed by atoms with E-state index in [1.807, 2.05) is 74.2 Å². The molecule has 1 fully saturated rings. The van der Waals surface area contributed by atoms with Gasteiger partial charge in [-0.3, -0.25) is 14.5 Å². The van der Waals surface area contributed by atoms with Crippen LogP contribution >= 0.6 is 11.6 Å². The zero-order valence-corrected chi connectivity index (χ0v) is 25.9. The van der Waals surface area contributed by atoms with Crippen LogP contribution in [0, 0.1) is 12.8 Å². The highest BCUT2D eigenvalue weighted by atomic mass is 35.5. The van der Waals surface area contributed by atoms with E-state index in [-0.39, 0.29) is 30.1 Å². The van der Waals surface area contributed by atoms with Crippen LogP contribution in [0.3, 0.4) is 0 Å². The molecule has 5 rings (SSSR count). The molecule has 2 heterocycles. The number of hydrogen-bond acceptors (Lipinski definition) is 6. The number of aryl methyl sites for hydroxylation is 1. The quantitative estimate of drug-likeness (QED) is 0.213. The predicted octanol–water partition coefficient (Wildman–Crippen LogP) is 7.11. The number of hydrogen-bond donors (Lipinski definition) is 2. The van der Waals surface area contributed by atoms with Crippen molar-refractivity contribution in [3.63, 3.8) is 0 Å². The van der Waals surface area contributed by atoms with E-state index in [0.29, 0.717) is 39.5 Å². The number of amides is 1. The lowest BCUT2D eigenvalue weighted by molar-refractivity contribution is -0.120. The highest BCUT2D eigenvalue weighted by Crippen LogP contribution is 2.36. The number of anilines is 1. The molecule has 3 aromatic rings. The second kappa shape index (κ2) is 12.9. The van der Waals surface area contributed by atoms with Crippen LogP contribution in [0.4, 0.5) is 11.5 Å². The highest BCUT2D eigenvalue weighted by molar-refractivity contribution is 6.31. The summed E-state index contributed by atoms with van der Waals surface area (Å²) in [6.07, 6.45) is 3.45. The van der Waals surface area contributed by atoms with E-state index < -0.39 is 6.04 Å². The Bertz CT molecular complexity index is 1640. The summed E-state index contributed by atoms with van der Waals surface area (Å²) < 4.78 is 0. The first-order chi connectivity index (χ1) is 20.6. The molecule has 1 saturated carbocycles. The molecule has 1 aliphatic heterocycles. The number of guanidine groups is 1. The third-order valence-electron chi connectivity index (χ3n) is 7.66. The van der Waals surface area contributed by atoms with E-state index in [4.69, 9.17) is 21.6 Å². The smallest absolute Gasteiger partial charge is 0.257 e. The maximum atomic E-state index is 13.8. The minimum Gasteiger partial charge on any atom is -0.329 e. The zero-order chi connectivity index (χ0) is 30.7. The van der Waals surface area contributed by atoms with Gasteiger partial charge in [0.25, 0.3) is 5.91 Å². The molecule has 0 radical (unpaired) electrons. The third kappa shape index (κ3) is 7.03. The summed E-state index contributed by atoms with van der Waals surface area (Å²) in [7, 11) is 0. The Balaban J connectivity index is 1.57. The molecule has 9 heteroatoms. The number of benzene rings is 2. The van der Waals surface area contributed by atoms with E-state index in [1.165, 1.54) is 0 Å². The number of carbonyl (C=O) groups excluding carboxylic acids is 2. The van der Waals surface area contributed by atoms with Crippen molar-refractivity contribution in [3.8, 4) is 0 Å². The topological polar surface area (TPSA) is 99.0 Å². The number of halogens is 1. The summed E-state index contributed by atoms with van der Waals surface area (Å²) in [5.41, 5.74) is 4.62. The van der Waals surface area contributed by atoms with Crippen LogP contribution in [0.5, 0.6) is 0 Å². The van der Waals surface area contributed by atoms with Gasteiger partial charge in [0.2, 0.25) is 5.96 Å². The molecule has 1 amide bonds. The first kappa shape index (κ1) is 30.2. The number of aromatic nitrogens is 1. The Labute approximate surface area is 258 Å². The number of rotatable bonds is 8. The molecule has 222 valence electrons. The van der Waals surface area contributed by atoms with Crippen molar-refractivity contribution in [1.29, 1.82) is 0 Å². The normalized spacial score (nSPS) is 17.0. The van der Waals surface area contributed by atoms with Crippen LogP contribution in [-0.2, 0) is 9.59 Å².